The molecule has 0 fully saturated rings. The Morgan fingerprint density at radius 3 is 2.00 bits per heavy atom. The molecule has 0 atom stereocenters. The SMILES string of the molecule is CC(=Nc1c(C(C)C)cccc1C(C)C)c1cccc(Br)c1O. The predicted octanol–water partition coefficient (Wildman–Crippen LogP) is 6.54. The third-order valence-corrected chi connectivity index (χ3v) is 4.64. The molecule has 0 aromatic heterocycles. The molecule has 23 heavy (non-hydrogen) atoms. The number of aliphatic imine (C=N–C) groups is 1. The van der Waals surface area contributed by atoms with Crippen molar-refractivity contribution in [3.8, 4) is 5.75 Å². The van der Waals surface area contributed by atoms with Gasteiger partial charge >= 0.3 is 0 Å². The fourth-order valence-corrected chi connectivity index (χ4v) is 3.04. The van der Waals surface area contributed by atoms with Crippen molar-refractivity contribution < 1.29 is 5.11 Å². The first-order valence-electron chi connectivity index (χ1n) is 7.98. The second-order valence-electron chi connectivity index (χ2n) is 6.43. The van der Waals surface area contributed by atoms with Crippen LogP contribution in [0, 0.1) is 0 Å². The summed E-state index contributed by atoms with van der Waals surface area (Å²) in [7, 11) is 0. The highest BCUT2D eigenvalue weighted by molar-refractivity contribution is 9.10. The monoisotopic (exact) mass is 373 g/mol. The van der Waals surface area contributed by atoms with Crippen LogP contribution in [0.3, 0.4) is 0 Å². The Labute approximate surface area is 147 Å². The van der Waals surface area contributed by atoms with Gasteiger partial charge in [-0.05, 0) is 57.9 Å². The first-order valence-corrected chi connectivity index (χ1v) is 8.78. The van der Waals surface area contributed by atoms with E-state index < -0.39 is 0 Å². The number of nitrogens with zero attached hydrogens (tertiary/aromatic N) is 1. The molecule has 0 bridgehead atoms. The van der Waals surface area contributed by atoms with Crippen LogP contribution >= 0.6 is 15.9 Å². The van der Waals surface area contributed by atoms with E-state index in [2.05, 4.69) is 61.8 Å². The topological polar surface area (TPSA) is 32.6 Å². The second-order valence-corrected chi connectivity index (χ2v) is 7.28. The van der Waals surface area contributed by atoms with Gasteiger partial charge in [-0.1, -0.05) is 52.0 Å². The van der Waals surface area contributed by atoms with Gasteiger partial charge in [0.25, 0.3) is 0 Å². The number of rotatable bonds is 4. The second kappa shape index (κ2) is 7.31. The fraction of sp³-hybridized carbons (Fsp3) is 0.350. The van der Waals surface area contributed by atoms with Crippen LogP contribution < -0.4 is 0 Å². The average Bonchev–Trinajstić information content (AvgIpc) is 2.49. The molecular weight excluding hydrogens is 350 g/mol. The maximum atomic E-state index is 10.3. The Balaban J connectivity index is 2.63. The Morgan fingerprint density at radius 2 is 1.48 bits per heavy atom. The molecule has 1 N–H and O–H groups in total. The molecule has 2 aromatic carbocycles. The minimum absolute atomic E-state index is 0.238. The number of benzene rings is 2. The molecule has 2 nitrogen and oxygen atoms in total. The van der Waals surface area contributed by atoms with E-state index in [0.29, 0.717) is 16.3 Å². The minimum Gasteiger partial charge on any atom is -0.506 e. The molecule has 0 spiro atoms. The summed E-state index contributed by atoms with van der Waals surface area (Å²) in [6, 6.07) is 12.0. The van der Waals surface area contributed by atoms with Gasteiger partial charge in [-0.3, -0.25) is 4.99 Å². The van der Waals surface area contributed by atoms with E-state index in [0.717, 1.165) is 17.0 Å². The molecule has 0 aliphatic rings. The lowest BCUT2D eigenvalue weighted by molar-refractivity contribution is 0.471. The van der Waals surface area contributed by atoms with E-state index in [-0.39, 0.29) is 5.75 Å². The summed E-state index contributed by atoms with van der Waals surface area (Å²) in [6.45, 7) is 10.7. The van der Waals surface area contributed by atoms with Gasteiger partial charge in [0, 0.05) is 11.3 Å². The number of phenols is 1. The number of para-hydroxylation sites is 2. The van der Waals surface area contributed by atoms with Crippen LogP contribution in [0.1, 0.15) is 63.1 Å². The van der Waals surface area contributed by atoms with Gasteiger partial charge in [-0.2, -0.15) is 0 Å². The Hall–Kier alpha value is -1.61. The lowest BCUT2D eigenvalue weighted by Crippen LogP contribution is -2.00. The molecule has 0 unspecified atom stereocenters. The van der Waals surface area contributed by atoms with Crippen molar-refractivity contribution in [3.63, 3.8) is 0 Å². The zero-order chi connectivity index (χ0) is 17.1. The zero-order valence-corrected chi connectivity index (χ0v) is 16.0. The zero-order valence-electron chi connectivity index (χ0n) is 14.4. The molecule has 2 aromatic rings. The highest BCUT2D eigenvalue weighted by Crippen LogP contribution is 2.36. The predicted molar refractivity (Wildman–Crippen MR) is 102 cm³/mol. The largest absolute Gasteiger partial charge is 0.506 e. The molecule has 0 radical (unpaired) electrons. The molecular formula is C20H24BrNO. The summed E-state index contributed by atoms with van der Waals surface area (Å²) < 4.78 is 0.686. The summed E-state index contributed by atoms with van der Waals surface area (Å²) >= 11 is 3.37. The van der Waals surface area contributed by atoms with Crippen LogP contribution in [0.15, 0.2) is 45.9 Å². The normalized spacial score (nSPS) is 12.3. The number of halogens is 1. The van der Waals surface area contributed by atoms with Crippen LogP contribution in [0.25, 0.3) is 0 Å². The molecule has 0 amide bonds. The van der Waals surface area contributed by atoms with E-state index in [1.54, 1.807) is 0 Å². The van der Waals surface area contributed by atoms with E-state index in [1.807, 2.05) is 25.1 Å². The van der Waals surface area contributed by atoms with Crippen LogP contribution in [0.5, 0.6) is 5.75 Å². The van der Waals surface area contributed by atoms with Gasteiger partial charge in [0.2, 0.25) is 0 Å². The van der Waals surface area contributed by atoms with E-state index in [4.69, 9.17) is 4.99 Å². The quantitative estimate of drug-likeness (QED) is 0.606. The lowest BCUT2D eigenvalue weighted by atomic mass is 9.92. The lowest BCUT2D eigenvalue weighted by Gasteiger charge is -2.17. The summed E-state index contributed by atoms with van der Waals surface area (Å²) in [5, 5.41) is 10.3. The van der Waals surface area contributed by atoms with Crippen molar-refractivity contribution in [2.24, 2.45) is 4.99 Å². The molecule has 0 aliphatic heterocycles. The summed E-state index contributed by atoms with van der Waals surface area (Å²) in [5.74, 6) is 1.04. The molecule has 0 saturated carbocycles. The number of aromatic hydroxyl groups is 1. The van der Waals surface area contributed by atoms with Crippen molar-refractivity contribution in [1.29, 1.82) is 0 Å². The van der Waals surface area contributed by atoms with Gasteiger partial charge in [0.1, 0.15) is 5.75 Å². The summed E-state index contributed by atoms with van der Waals surface area (Å²) in [4.78, 5) is 4.91. The van der Waals surface area contributed by atoms with E-state index in [9.17, 15) is 5.11 Å². The molecule has 122 valence electrons. The van der Waals surface area contributed by atoms with Crippen molar-refractivity contribution in [3.05, 3.63) is 57.6 Å². The average molecular weight is 374 g/mol. The Morgan fingerprint density at radius 1 is 0.957 bits per heavy atom. The highest BCUT2D eigenvalue weighted by Gasteiger charge is 2.15. The molecule has 3 heteroatoms. The minimum atomic E-state index is 0.238. The van der Waals surface area contributed by atoms with Crippen molar-refractivity contribution >= 4 is 27.3 Å². The molecule has 0 heterocycles. The summed E-state index contributed by atoms with van der Waals surface area (Å²) in [5.41, 5.74) is 5.09. The first-order chi connectivity index (χ1) is 10.8. The van der Waals surface area contributed by atoms with Crippen LogP contribution in [-0.2, 0) is 0 Å². The number of hydrogen-bond donors (Lipinski definition) is 1. The molecule has 0 saturated heterocycles. The fourth-order valence-electron chi connectivity index (χ4n) is 2.68. The first kappa shape index (κ1) is 17.7. The highest BCUT2D eigenvalue weighted by atomic mass is 79.9. The van der Waals surface area contributed by atoms with Crippen molar-refractivity contribution in [2.75, 3.05) is 0 Å². The van der Waals surface area contributed by atoms with Crippen LogP contribution in [-0.4, -0.2) is 10.8 Å². The van der Waals surface area contributed by atoms with Gasteiger partial charge in [0.15, 0.2) is 0 Å². The van der Waals surface area contributed by atoms with Crippen LogP contribution in [0.2, 0.25) is 0 Å². The van der Waals surface area contributed by atoms with Gasteiger partial charge < -0.3 is 5.11 Å². The maximum Gasteiger partial charge on any atom is 0.138 e. The third-order valence-electron chi connectivity index (χ3n) is 4.00. The standard InChI is InChI=1S/C20H24BrNO/c1-12(2)15-8-6-9-16(13(3)4)19(15)22-14(5)17-10-7-11-18(21)20(17)23/h6-13,23H,1-5H3. The Kier molecular flexibility index (Phi) is 5.64. The molecule has 2 rings (SSSR count). The van der Waals surface area contributed by atoms with Crippen LogP contribution in [0.4, 0.5) is 5.69 Å². The van der Waals surface area contributed by atoms with E-state index >= 15 is 0 Å². The Bertz CT molecular complexity index is 706. The smallest absolute Gasteiger partial charge is 0.138 e. The van der Waals surface area contributed by atoms with Gasteiger partial charge in [-0.25, -0.2) is 0 Å². The van der Waals surface area contributed by atoms with Gasteiger partial charge in [0.05, 0.1) is 10.2 Å². The van der Waals surface area contributed by atoms with Crippen molar-refractivity contribution in [2.45, 2.75) is 46.5 Å². The number of phenolic OH excluding ortho intramolecular Hbond substituents is 1. The summed E-state index contributed by atoms with van der Waals surface area (Å²) in [6.07, 6.45) is 0. The third kappa shape index (κ3) is 3.84. The van der Waals surface area contributed by atoms with Gasteiger partial charge in [-0.15, -0.1) is 0 Å². The molecule has 0 aliphatic carbocycles. The maximum absolute atomic E-state index is 10.3. The van der Waals surface area contributed by atoms with E-state index in [1.165, 1.54) is 11.1 Å². The van der Waals surface area contributed by atoms with Crippen molar-refractivity contribution in [1.82, 2.24) is 0 Å². The number of hydrogen-bond acceptors (Lipinski definition) is 2.